The monoisotopic (exact) mass is 405 g/mol. The van der Waals surface area contributed by atoms with Gasteiger partial charge >= 0.3 is 6.03 Å². The van der Waals surface area contributed by atoms with Crippen molar-refractivity contribution in [3.63, 3.8) is 0 Å². The van der Waals surface area contributed by atoms with Gasteiger partial charge in [-0.25, -0.2) is 4.79 Å². The van der Waals surface area contributed by atoms with Crippen LogP contribution >= 0.6 is 11.6 Å². The number of piperidine rings is 1. The summed E-state index contributed by atoms with van der Waals surface area (Å²) in [6.07, 6.45) is 3.09. The third kappa shape index (κ3) is 4.32. The van der Waals surface area contributed by atoms with Gasteiger partial charge in [0, 0.05) is 31.1 Å². The molecule has 0 atom stereocenters. The van der Waals surface area contributed by atoms with E-state index in [0.29, 0.717) is 43.9 Å². The van der Waals surface area contributed by atoms with E-state index < -0.39 is 5.54 Å². The van der Waals surface area contributed by atoms with Gasteiger partial charge < -0.3 is 9.80 Å². The first-order chi connectivity index (χ1) is 13.3. The second-order valence-corrected chi connectivity index (χ2v) is 8.59. The fourth-order valence-electron chi connectivity index (χ4n) is 4.10. The highest BCUT2D eigenvalue weighted by Gasteiger charge is 2.54. The highest BCUT2D eigenvalue weighted by molar-refractivity contribution is 6.30. The number of nitrogens with one attached hydrogen (secondary N) is 1. The molecule has 0 unspecified atom stereocenters. The lowest BCUT2D eigenvalue weighted by atomic mass is 9.85. The number of urea groups is 1. The summed E-state index contributed by atoms with van der Waals surface area (Å²) in [7, 11) is 0. The molecule has 152 valence electrons. The molecule has 2 saturated heterocycles. The number of hydrogen-bond acceptors (Lipinski definition) is 3. The van der Waals surface area contributed by atoms with Crippen LogP contribution in [-0.4, -0.2) is 52.8 Å². The Labute approximate surface area is 171 Å². The van der Waals surface area contributed by atoms with Crippen molar-refractivity contribution in [3.8, 4) is 0 Å². The summed E-state index contributed by atoms with van der Waals surface area (Å²) in [5.41, 5.74) is 0.377. The van der Waals surface area contributed by atoms with Gasteiger partial charge in [0.25, 0.3) is 5.91 Å². The van der Waals surface area contributed by atoms with Crippen molar-refractivity contribution in [2.24, 2.45) is 5.92 Å². The van der Waals surface area contributed by atoms with Crippen LogP contribution in [0.1, 0.15) is 45.1 Å². The molecule has 1 aromatic carbocycles. The molecular formula is C21H28ClN3O3. The van der Waals surface area contributed by atoms with Crippen LogP contribution in [0.3, 0.4) is 0 Å². The summed E-state index contributed by atoms with van der Waals surface area (Å²) in [4.78, 5) is 40.8. The maximum atomic E-state index is 12.6. The molecule has 3 rings (SSSR count). The lowest BCUT2D eigenvalue weighted by Crippen LogP contribution is -2.58. The number of halogens is 1. The van der Waals surface area contributed by atoms with E-state index in [4.69, 9.17) is 11.6 Å². The molecule has 2 aliphatic rings. The third-order valence-electron chi connectivity index (χ3n) is 5.67. The molecule has 0 aromatic heterocycles. The Morgan fingerprint density at radius 3 is 2.43 bits per heavy atom. The van der Waals surface area contributed by atoms with Crippen LogP contribution in [0, 0.1) is 5.92 Å². The van der Waals surface area contributed by atoms with Gasteiger partial charge in [-0.2, -0.15) is 0 Å². The van der Waals surface area contributed by atoms with E-state index >= 15 is 0 Å². The number of rotatable bonds is 6. The van der Waals surface area contributed by atoms with Crippen molar-refractivity contribution in [1.82, 2.24) is 15.1 Å². The number of carbonyl (C=O) groups excluding carboxylic acids is 3. The molecule has 0 aliphatic carbocycles. The minimum absolute atomic E-state index is 0.115. The number of imide groups is 1. The number of hydrogen-bond donors (Lipinski definition) is 1. The Bertz CT molecular complexity index is 740. The zero-order valence-corrected chi connectivity index (χ0v) is 17.3. The smallest absolute Gasteiger partial charge is 0.325 e. The molecular weight excluding hydrogens is 378 g/mol. The molecule has 7 heteroatoms. The Balaban J connectivity index is 1.52. The number of likely N-dealkylation sites (tertiary alicyclic amines) is 1. The topological polar surface area (TPSA) is 69.7 Å². The molecule has 2 aliphatic heterocycles. The molecule has 0 bridgehead atoms. The maximum absolute atomic E-state index is 12.6. The standard InChI is InChI=1S/C21H28ClN3O3/c1-15(2)14-25-20(28)23-19(27)21(25)10-12-24(13-11-21)18(26)5-3-4-16-6-8-17(22)9-7-16/h6-9,15H,3-5,10-14H2,1-2H3,(H,23,27,28). The number of aryl methyl sites for hydroxylation is 1. The first kappa shape index (κ1) is 20.6. The van der Waals surface area contributed by atoms with Crippen LogP contribution in [0.25, 0.3) is 0 Å². The molecule has 28 heavy (non-hydrogen) atoms. The van der Waals surface area contributed by atoms with Crippen molar-refractivity contribution >= 4 is 29.4 Å². The number of amides is 4. The van der Waals surface area contributed by atoms with Gasteiger partial charge in [0.2, 0.25) is 5.91 Å². The summed E-state index contributed by atoms with van der Waals surface area (Å²) < 4.78 is 0. The average Bonchev–Trinajstić information content (AvgIpc) is 2.87. The first-order valence-electron chi connectivity index (χ1n) is 9.97. The van der Waals surface area contributed by atoms with Crippen LogP contribution in [0.5, 0.6) is 0 Å². The van der Waals surface area contributed by atoms with Gasteiger partial charge in [-0.3, -0.25) is 14.9 Å². The van der Waals surface area contributed by atoms with Gasteiger partial charge in [0.05, 0.1) is 0 Å². The van der Waals surface area contributed by atoms with E-state index in [9.17, 15) is 14.4 Å². The Kier molecular flexibility index (Phi) is 6.28. The molecule has 1 N–H and O–H groups in total. The summed E-state index contributed by atoms with van der Waals surface area (Å²) in [6, 6.07) is 7.38. The molecule has 2 heterocycles. The quantitative estimate of drug-likeness (QED) is 0.738. The Hall–Kier alpha value is -2.08. The van der Waals surface area contributed by atoms with Crippen molar-refractivity contribution in [1.29, 1.82) is 0 Å². The summed E-state index contributed by atoms with van der Waals surface area (Å²) in [5, 5.41) is 3.18. The molecule has 4 amide bonds. The lowest BCUT2D eigenvalue weighted by molar-refractivity contribution is -0.138. The van der Waals surface area contributed by atoms with Gasteiger partial charge in [-0.1, -0.05) is 37.6 Å². The molecule has 6 nitrogen and oxygen atoms in total. The Morgan fingerprint density at radius 1 is 1.18 bits per heavy atom. The first-order valence-corrected chi connectivity index (χ1v) is 10.3. The predicted octanol–water partition coefficient (Wildman–Crippen LogP) is 3.23. The van der Waals surface area contributed by atoms with Crippen LogP contribution in [0.2, 0.25) is 5.02 Å². The molecule has 2 fully saturated rings. The minimum Gasteiger partial charge on any atom is -0.342 e. The van der Waals surface area contributed by atoms with Gasteiger partial charge in [0.1, 0.15) is 5.54 Å². The largest absolute Gasteiger partial charge is 0.342 e. The van der Waals surface area contributed by atoms with Crippen LogP contribution in [0.15, 0.2) is 24.3 Å². The molecule has 0 saturated carbocycles. The number of nitrogens with zero attached hydrogens (tertiary/aromatic N) is 2. The van der Waals surface area contributed by atoms with Gasteiger partial charge in [0.15, 0.2) is 0 Å². The van der Waals surface area contributed by atoms with E-state index in [2.05, 4.69) is 5.32 Å². The number of carbonyl (C=O) groups is 3. The predicted molar refractivity (Wildman–Crippen MR) is 108 cm³/mol. The number of benzene rings is 1. The Morgan fingerprint density at radius 2 is 1.82 bits per heavy atom. The summed E-state index contributed by atoms with van der Waals surface area (Å²) >= 11 is 5.89. The van der Waals surface area contributed by atoms with Crippen molar-refractivity contribution in [2.45, 2.75) is 51.5 Å². The molecule has 1 aromatic rings. The SMILES string of the molecule is CC(C)CN1C(=O)NC(=O)C12CCN(C(=O)CCCc1ccc(Cl)cc1)CC2. The molecule has 1 spiro atoms. The zero-order valence-electron chi connectivity index (χ0n) is 16.5. The van der Waals surface area contributed by atoms with Gasteiger partial charge in [-0.15, -0.1) is 0 Å². The van der Waals surface area contributed by atoms with E-state index in [1.165, 1.54) is 5.56 Å². The second kappa shape index (κ2) is 8.52. The van der Waals surface area contributed by atoms with E-state index in [1.54, 1.807) is 4.90 Å². The average molecular weight is 406 g/mol. The minimum atomic E-state index is -0.790. The van der Waals surface area contributed by atoms with E-state index in [-0.39, 0.29) is 23.8 Å². The fourth-order valence-corrected chi connectivity index (χ4v) is 4.22. The van der Waals surface area contributed by atoms with Crippen molar-refractivity contribution < 1.29 is 14.4 Å². The van der Waals surface area contributed by atoms with Crippen LogP contribution in [-0.2, 0) is 16.0 Å². The summed E-state index contributed by atoms with van der Waals surface area (Å²) in [5.74, 6) is 0.179. The third-order valence-corrected chi connectivity index (χ3v) is 5.92. The van der Waals surface area contributed by atoms with Crippen molar-refractivity contribution in [2.75, 3.05) is 19.6 Å². The fraction of sp³-hybridized carbons (Fsp3) is 0.571. The summed E-state index contributed by atoms with van der Waals surface area (Å²) in [6.45, 7) is 5.63. The van der Waals surface area contributed by atoms with E-state index in [0.717, 1.165) is 12.8 Å². The van der Waals surface area contributed by atoms with Gasteiger partial charge in [-0.05, 0) is 49.3 Å². The second-order valence-electron chi connectivity index (χ2n) is 8.16. The highest BCUT2D eigenvalue weighted by Crippen LogP contribution is 2.34. The normalized spacial score (nSPS) is 18.9. The maximum Gasteiger partial charge on any atom is 0.325 e. The lowest BCUT2D eigenvalue weighted by Gasteiger charge is -2.42. The van der Waals surface area contributed by atoms with Crippen molar-refractivity contribution in [3.05, 3.63) is 34.9 Å². The zero-order chi connectivity index (χ0) is 20.3. The highest BCUT2D eigenvalue weighted by atomic mass is 35.5. The molecule has 0 radical (unpaired) electrons. The van der Waals surface area contributed by atoms with E-state index in [1.807, 2.05) is 43.0 Å². The van der Waals surface area contributed by atoms with Crippen LogP contribution < -0.4 is 5.32 Å². The van der Waals surface area contributed by atoms with Crippen LogP contribution in [0.4, 0.5) is 4.79 Å².